The summed E-state index contributed by atoms with van der Waals surface area (Å²) in [6.45, 7) is 1.79. The fourth-order valence-electron chi connectivity index (χ4n) is 2.47. The third-order valence-corrected chi connectivity index (χ3v) is 5.70. The van der Waals surface area contributed by atoms with Crippen LogP contribution in [0.15, 0.2) is 47.6 Å². The number of ether oxygens (including phenoxy) is 1. The van der Waals surface area contributed by atoms with Crippen molar-refractivity contribution in [1.29, 1.82) is 0 Å². The van der Waals surface area contributed by atoms with Crippen LogP contribution in [-0.2, 0) is 11.8 Å². The molecule has 2 aromatic carbocycles. The van der Waals surface area contributed by atoms with Crippen LogP contribution in [0, 0.1) is 0 Å². The van der Waals surface area contributed by atoms with Gasteiger partial charge in [-0.25, -0.2) is 0 Å². The summed E-state index contributed by atoms with van der Waals surface area (Å²) in [5, 5.41) is 12.4. The summed E-state index contributed by atoms with van der Waals surface area (Å²) < 4.78 is 7.10. The minimum atomic E-state index is -0.420. The highest BCUT2D eigenvalue weighted by atomic mass is 35.5. The van der Waals surface area contributed by atoms with E-state index in [4.69, 9.17) is 27.9 Å². The predicted molar refractivity (Wildman–Crippen MR) is 113 cm³/mol. The van der Waals surface area contributed by atoms with E-state index in [0.717, 1.165) is 11.3 Å². The SMILES string of the molecule is COc1cccc(-c2nnc(SC(C)C(=O)Nc3cc(Cl)ccc3Cl)n2C)c1. The summed E-state index contributed by atoms with van der Waals surface area (Å²) in [6, 6.07) is 12.5. The first kappa shape index (κ1) is 20.5. The van der Waals surface area contributed by atoms with Gasteiger partial charge < -0.3 is 14.6 Å². The van der Waals surface area contributed by atoms with Crippen molar-refractivity contribution in [3.63, 3.8) is 0 Å². The quantitative estimate of drug-likeness (QED) is 0.555. The zero-order chi connectivity index (χ0) is 20.3. The lowest BCUT2D eigenvalue weighted by molar-refractivity contribution is -0.115. The number of rotatable bonds is 6. The molecule has 3 aromatic rings. The van der Waals surface area contributed by atoms with E-state index in [2.05, 4.69) is 15.5 Å². The second-order valence-electron chi connectivity index (χ2n) is 5.97. The molecule has 0 aliphatic heterocycles. The Bertz CT molecular complexity index is 1010. The molecule has 0 radical (unpaired) electrons. The lowest BCUT2D eigenvalue weighted by atomic mass is 10.2. The van der Waals surface area contributed by atoms with Gasteiger partial charge in [0.2, 0.25) is 5.91 Å². The van der Waals surface area contributed by atoms with E-state index in [9.17, 15) is 4.79 Å². The molecule has 6 nitrogen and oxygen atoms in total. The summed E-state index contributed by atoms with van der Waals surface area (Å²) in [5.74, 6) is 1.22. The van der Waals surface area contributed by atoms with E-state index in [1.165, 1.54) is 11.8 Å². The van der Waals surface area contributed by atoms with Crippen molar-refractivity contribution in [3.05, 3.63) is 52.5 Å². The van der Waals surface area contributed by atoms with Crippen molar-refractivity contribution in [2.45, 2.75) is 17.3 Å². The zero-order valence-electron chi connectivity index (χ0n) is 15.4. The molecular formula is C19H18Cl2N4O2S. The summed E-state index contributed by atoms with van der Waals surface area (Å²) >= 11 is 13.4. The van der Waals surface area contributed by atoms with Gasteiger partial charge in [-0.3, -0.25) is 4.79 Å². The first-order valence-electron chi connectivity index (χ1n) is 8.35. The molecule has 146 valence electrons. The third-order valence-electron chi connectivity index (χ3n) is 4.00. The average Bonchev–Trinajstić information content (AvgIpc) is 3.05. The monoisotopic (exact) mass is 436 g/mol. The Hall–Kier alpha value is -2.22. The maximum Gasteiger partial charge on any atom is 0.237 e. The molecule has 1 atom stereocenters. The summed E-state index contributed by atoms with van der Waals surface area (Å²) in [6.07, 6.45) is 0. The number of aromatic nitrogens is 3. The smallest absolute Gasteiger partial charge is 0.237 e. The molecule has 1 aromatic heterocycles. The van der Waals surface area contributed by atoms with Gasteiger partial charge >= 0.3 is 0 Å². The Kier molecular flexibility index (Phi) is 6.49. The van der Waals surface area contributed by atoms with Gasteiger partial charge in [-0.05, 0) is 37.3 Å². The van der Waals surface area contributed by atoms with Crippen molar-refractivity contribution in [1.82, 2.24) is 14.8 Å². The van der Waals surface area contributed by atoms with Crippen LogP contribution in [0.4, 0.5) is 5.69 Å². The van der Waals surface area contributed by atoms with Crippen LogP contribution in [0.1, 0.15) is 6.92 Å². The van der Waals surface area contributed by atoms with E-state index in [1.807, 2.05) is 35.9 Å². The summed E-state index contributed by atoms with van der Waals surface area (Å²) in [5.41, 5.74) is 1.35. The number of amides is 1. The minimum absolute atomic E-state index is 0.208. The van der Waals surface area contributed by atoms with Crippen molar-refractivity contribution in [2.75, 3.05) is 12.4 Å². The van der Waals surface area contributed by atoms with Crippen molar-refractivity contribution in [3.8, 4) is 17.1 Å². The van der Waals surface area contributed by atoms with Crippen LogP contribution in [-0.4, -0.2) is 33.0 Å². The predicted octanol–water partition coefficient (Wildman–Crippen LogP) is 4.92. The van der Waals surface area contributed by atoms with Crippen molar-refractivity contribution >= 4 is 46.6 Å². The number of methoxy groups -OCH3 is 1. The highest BCUT2D eigenvalue weighted by Crippen LogP contribution is 2.29. The lowest BCUT2D eigenvalue weighted by Crippen LogP contribution is -2.23. The number of hydrogen-bond donors (Lipinski definition) is 1. The van der Waals surface area contributed by atoms with Gasteiger partial charge in [-0.2, -0.15) is 0 Å². The van der Waals surface area contributed by atoms with E-state index >= 15 is 0 Å². The summed E-state index contributed by atoms with van der Waals surface area (Å²) in [7, 11) is 3.47. The van der Waals surface area contributed by atoms with Crippen LogP contribution in [0.2, 0.25) is 10.0 Å². The highest BCUT2D eigenvalue weighted by molar-refractivity contribution is 8.00. The van der Waals surface area contributed by atoms with Crippen molar-refractivity contribution < 1.29 is 9.53 Å². The van der Waals surface area contributed by atoms with Gasteiger partial charge in [0, 0.05) is 17.6 Å². The second kappa shape index (κ2) is 8.86. The van der Waals surface area contributed by atoms with E-state index < -0.39 is 5.25 Å². The molecule has 1 unspecified atom stereocenters. The number of carbonyl (C=O) groups is 1. The fraction of sp³-hybridized carbons (Fsp3) is 0.211. The Balaban J connectivity index is 1.73. The molecule has 9 heteroatoms. The largest absolute Gasteiger partial charge is 0.497 e. The minimum Gasteiger partial charge on any atom is -0.497 e. The van der Waals surface area contributed by atoms with Gasteiger partial charge in [0.15, 0.2) is 11.0 Å². The second-order valence-corrected chi connectivity index (χ2v) is 8.12. The standard InChI is InChI=1S/C19H18Cl2N4O2S/c1-11(18(26)22-16-10-13(20)7-8-15(16)21)28-19-24-23-17(25(19)2)12-5-4-6-14(9-12)27-3/h4-11H,1-3H3,(H,22,26). The zero-order valence-corrected chi connectivity index (χ0v) is 17.8. The van der Waals surface area contributed by atoms with Crippen LogP contribution in [0.5, 0.6) is 5.75 Å². The first-order chi connectivity index (χ1) is 13.4. The molecular weight excluding hydrogens is 419 g/mol. The maximum atomic E-state index is 12.5. The molecule has 0 aliphatic rings. The normalized spacial score (nSPS) is 11.9. The molecule has 1 N–H and O–H groups in total. The summed E-state index contributed by atoms with van der Waals surface area (Å²) in [4.78, 5) is 12.5. The van der Waals surface area contributed by atoms with Gasteiger partial charge in [-0.1, -0.05) is 47.1 Å². The Morgan fingerprint density at radius 1 is 1.21 bits per heavy atom. The molecule has 3 rings (SSSR count). The first-order valence-corrected chi connectivity index (χ1v) is 9.99. The molecule has 0 bridgehead atoms. The molecule has 0 aliphatic carbocycles. The average molecular weight is 437 g/mol. The Morgan fingerprint density at radius 3 is 2.75 bits per heavy atom. The van der Waals surface area contributed by atoms with E-state index in [0.29, 0.717) is 26.7 Å². The van der Waals surface area contributed by atoms with Gasteiger partial charge in [-0.15, -0.1) is 10.2 Å². The van der Waals surface area contributed by atoms with Crippen LogP contribution in [0.3, 0.4) is 0 Å². The van der Waals surface area contributed by atoms with E-state index in [-0.39, 0.29) is 5.91 Å². The van der Waals surface area contributed by atoms with E-state index in [1.54, 1.807) is 32.2 Å². The van der Waals surface area contributed by atoms with Gasteiger partial charge in [0.05, 0.1) is 23.1 Å². The molecule has 0 spiro atoms. The van der Waals surface area contributed by atoms with Crippen LogP contribution >= 0.6 is 35.0 Å². The topological polar surface area (TPSA) is 69.0 Å². The molecule has 0 fully saturated rings. The third kappa shape index (κ3) is 4.60. The van der Waals surface area contributed by atoms with Crippen LogP contribution < -0.4 is 10.1 Å². The van der Waals surface area contributed by atoms with Gasteiger partial charge in [0.1, 0.15) is 5.75 Å². The number of carbonyl (C=O) groups excluding carboxylic acids is 1. The Labute approximate surface area is 177 Å². The number of halogens is 2. The highest BCUT2D eigenvalue weighted by Gasteiger charge is 2.20. The molecule has 1 heterocycles. The number of anilines is 1. The number of nitrogens with zero attached hydrogens (tertiary/aromatic N) is 3. The van der Waals surface area contributed by atoms with Crippen molar-refractivity contribution in [2.24, 2.45) is 7.05 Å². The molecule has 0 saturated carbocycles. The number of thioether (sulfide) groups is 1. The number of hydrogen-bond acceptors (Lipinski definition) is 5. The molecule has 1 amide bonds. The number of nitrogens with one attached hydrogen (secondary N) is 1. The fourth-order valence-corrected chi connectivity index (χ4v) is 3.62. The maximum absolute atomic E-state index is 12.5. The van der Waals surface area contributed by atoms with Gasteiger partial charge in [0.25, 0.3) is 0 Å². The lowest BCUT2D eigenvalue weighted by Gasteiger charge is -2.13. The molecule has 28 heavy (non-hydrogen) atoms. The number of benzene rings is 2. The van der Waals surface area contributed by atoms with Crippen LogP contribution in [0.25, 0.3) is 11.4 Å². The Morgan fingerprint density at radius 2 is 2.00 bits per heavy atom. The molecule has 0 saturated heterocycles.